The number of nitrogens with one attached hydrogen (secondary N) is 2. The third kappa shape index (κ3) is 1.93. The van der Waals surface area contributed by atoms with Gasteiger partial charge in [0.25, 0.3) is 0 Å². The molecule has 22 heavy (non-hydrogen) atoms. The molecule has 0 aliphatic heterocycles. The first-order chi connectivity index (χ1) is 10.5. The normalized spacial score (nSPS) is 12.3. The van der Waals surface area contributed by atoms with Gasteiger partial charge in [-0.1, -0.05) is 6.07 Å². The highest BCUT2D eigenvalue weighted by Crippen LogP contribution is 2.37. The van der Waals surface area contributed by atoms with Crippen LogP contribution in [-0.2, 0) is 6.18 Å². The summed E-state index contributed by atoms with van der Waals surface area (Å²) in [6, 6.07) is 7.59. The summed E-state index contributed by atoms with van der Waals surface area (Å²) in [4.78, 5) is 0. The second-order valence-electron chi connectivity index (χ2n) is 5.02. The van der Waals surface area contributed by atoms with Crippen molar-refractivity contribution < 1.29 is 13.2 Å². The van der Waals surface area contributed by atoms with Gasteiger partial charge in [-0.25, -0.2) is 0 Å². The maximum atomic E-state index is 13.1. The average molecular weight is 302 g/mol. The highest BCUT2D eigenvalue weighted by atomic mass is 19.4. The molecule has 2 aromatic carbocycles. The van der Waals surface area contributed by atoms with Crippen LogP contribution in [0.4, 0.5) is 13.2 Å². The van der Waals surface area contributed by atoms with E-state index in [4.69, 9.17) is 0 Å². The van der Waals surface area contributed by atoms with Gasteiger partial charge in [0.2, 0.25) is 0 Å². The lowest BCUT2D eigenvalue weighted by Gasteiger charge is -2.10. The van der Waals surface area contributed by atoms with Crippen LogP contribution in [0.15, 0.2) is 42.7 Å². The average Bonchev–Trinajstić information content (AvgIpc) is 3.13. The second kappa shape index (κ2) is 4.33. The van der Waals surface area contributed by atoms with Crippen molar-refractivity contribution in [3.05, 3.63) is 48.3 Å². The number of rotatable bonds is 1. The molecule has 0 radical (unpaired) electrons. The maximum Gasteiger partial charge on any atom is 0.416 e. The van der Waals surface area contributed by atoms with Crippen LogP contribution >= 0.6 is 0 Å². The zero-order valence-electron chi connectivity index (χ0n) is 11.1. The second-order valence-corrected chi connectivity index (χ2v) is 5.02. The number of hydrogen-bond acceptors (Lipinski definition) is 2. The molecule has 2 heterocycles. The predicted molar refractivity (Wildman–Crippen MR) is 76.2 cm³/mol. The number of aromatic amines is 2. The maximum absolute atomic E-state index is 13.1. The molecule has 0 spiro atoms. The molecular formula is C15H9F3N4. The Balaban J connectivity index is 2.01. The summed E-state index contributed by atoms with van der Waals surface area (Å²) in [5, 5.41) is 14.7. The lowest BCUT2D eigenvalue weighted by Crippen LogP contribution is -2.05. The Kier molecular flexibility index (Phi) is 2.53. The molecule has 2 N–H and O–H groups in total. The van der Waals surface area contributed by atoms with Crippen molar-refractivity contribution in [2.45, 2.75) is 6.18 Å². The largest absolute Gasteiger partial charge is 0.416 e. The van der Waals surface area contributed by atoms with Crippen LogP contribution < -0.4 is 0 Å². The summed E-state index contributed by atoms with van der Waals surface area (Å²) >= 11 is 0. The molecule has 110 valence electrons. The van der Waals surface area contributed by atoms with Gasteiger partial charge < -0.3 is 0 Å². The SMILES string of the molecule is FC(F)(F)c1cc(-c2ccc3[nH]ncc3c2)c2cn[nH]c2c1. The minimum absolute atomic E-state index is 0.358. The van der Waals surface area contributed by atoms with Crippen molar-refractivity contribution >= 4 is 21.8 Å². The van der Waals surface area contributed by atoms with Gasteiger partial charge in [0, 0.05) is 10.8 Å². The van der Waals surface area contributed by atoms with Crippen LogP contribution in [0, 0.1) is 0 Å². The van der Waals surface area contributed by atoms with E-state index in [1.807, 2.05) is 0 Å². The molecular weight excluding hydrogens is 293 g/mol. The number of fused-ring (bicyclic) bond motifs is 2. The molecule has 0 unspecified atom stereocenters. The van der Waals surface area contributed by atoms with E-state index in [1.54, 1.807) is 24.4 Å². The van der Waals surface area contributed by atoms with E-state index in [0.29, 0.717) is 22.0 Å². The molecule has 0 aliphatic rings. The topological polar surface area (TPSA) is 57.4 Å². The van der Waals surface area contributed by atoms with Gasteiger partial charge in [-0.3, -0.25) is 10.2 Å². The zero-order valence-corrected chi connectivity index (χ0v) is 11.1. The first kappa shape index (κ1) is 12.9. The summed E-state index contributed by atoms with van der Waals surface area (Å²) in [6.45, 7) is 0. The molecule has 4 aromatic rings. The highest BCUT2D eigenvalue weighted by molar-refractivity contribution is 5.97. The standard InChI is InChI=1S/C15H9F3N4/c16-15(17,18)10-4-11(12-7-20-22-14(12)5-10)8-1-2-13-9(3-8)6-19-21-13/h1-7H,(H,19,21)(H,20,22). The van der Waals surface area contributed by atoms with E-state index in [1.165, 1.54) is 6.20 Å². The molecule has 0 saturated heterocycles. The fraction of sp³-hybridized carbons (Fsp3) is 0.0667. The number of halogens is 3. The van der Waals surface area contributed by atoms with Gasteiger partial charge in [0.05, 0.1) is 29.0 Å². The monoisotopic (exact) mass is 302 g/mol. The van der Waals surface area contributed by atoms with Gasteiger partial charge in [0.1, 0.15) is 0 Å². The lowest BCUT2D eigenvalue weighted by molar-refractivity contribution is -0.137. The summed E-state index contributed by atoms with van der Waals surface area (Å²) in [7, 11) is 0. The van der Waals surface area contributed by atoms with Crippen LogP contribution in [0.5, 0.6) is 0 Å². The van der Waals surface area contributed by atoms with E-state index < -0.39 is 11.7 Å². The van der Waals surface area contributed by atoms with Crippen LogP contribution in [-0.4, -0.2) is 20.4 Å². The third-order valence-electron chi connectivity index (χ3n) is 3.64. The number of hydrogen-bond donors (Lipinski definition) is 2. The Labute approximate surface area is 122 Å². The molecule has 0 saturated carbocycles. The van der Waals surface area contributed by atoms with Crippen molar-refractivity contribution in [2.24, 2.45) is 0 Å². The molecule has 0 atom stereocenters. The minimum Gasteiger partial charge on any atom is -0.278 e. The summed E-state index contributed by atoms with van der Waals surface area (Å²) < 4.78 is 39.2. The Morgan fingerprint density at radius 1 is 0.864 bits per heavy atom. The minimum atomic E-state index is -4.41. The molecule has 0 fully saturated rings. The van der Waals surface area contributed by atoms with E-state index in [9.17, 15) is 13.2 Å². The molecule has 4 nitrogen and oxygen atoms in total. The van der Waals surface area contributed by atoms with Crippen molar-refractivity contribution in [3.8, 4) is 11.1 Å². The van der Waals surface area contributed by atoms with E-state index in [2.05, 4.69) is 20.4 Å². The fourth-order valence-corrected chi connectivity index (χ4v) is 2.56. The number of benzene rings is 2. The molecule has 4 rings (SSSR count). The number of H-pyrrole nitrogens is 2. The summed E-state index contributed by atoms with van der Waals surface area (Å²) in [5.41, 5.74) is 1.66. The van der Waals surface area contributed by atoms with Crippen molar-refractivity contribution in [1.82, 2.24) is 20.4 Å². The first-order valence-corrected chi connectivity index (χ1v) is 6.50. The smallest absolute Gasteiger partial charge is 0.278 e. The number of aromatic nitrogens is 4. The van der Waals surface area contributed by atoms with Gasteiger partial charge >= 0.3 is 6.18 Å². The molecule has 2 aromatic heterocycles. The zero-order chi connectivity index (χ0) is 15.3. The molecule has 0 aliphatic carbocycles. The Bertz CT molecular complexity index is 981. The van der Waals surface area contributed by atoms with E-state index in [-0.39, 0.29) is 0 Å². The van der Waals surface area contributed by atoms with Crippen LogP contribution in [0.25, 0.3) is 32.9 Å². The van der Waals surface area contributed by atoms with E-state index in [0.717, 1.165) is 23.0 Å². The summed E-state index contributed by atoms with van der Waals surface area (Å²) in [5.74, 6) is 0. The highest BCUT2D eigenvalue weighted by Gasteiger charge is 2.31. The molecule has 0 amide bonds. The fourth-order valence-electron chi connectivity index (χ4n) is 2.56. The lowest BCUT2D eigenvalue weighted by atomic mass is 9.98. The number of nitrogens with zero attached hydrogens (tertiary/aromatic N) is 2. The van der Waals surface area contributed by atoms with Crippen molar-refractivity contribution in [2.75, 3.05) is 0 Å². The molecule has 0 bridgehead atoms. The quantitative estimate of drug-likeness (QED) is 0.555. The van der Waals surface area contributed by atoms with Crippen LogP contribution in [0.1, 0.15) is 5.56 Å². The third-order valence-corrected chi connectivity index (χ3v) is 3.64. The van der Waals surface area contributed by atoms with Gasteiger partial charge in [-0.05, 0) is 35.4 Å². The van der Waals surface area contributed by atoms with Crippen molar-refractivity contribution in [3.63, 3.8) is 0 Å². The van der Waals surface area contributed by atoms with Crippen molar-refractivity contribution in [1.29, 1.82) is 0 Å². The predicted octanol–water partition coefficient (Wildman–Crippen LogP) is 4.13. The van der Waals surface area contributed by atoms with Gasteiger partial charge in [0.15, 0.2) is 0 Å². The molecule has 7 heteroatoms. The van der Waals surface area contributed by atoms with Crippen LogP contribution in [0.2, 0.25) is 0 Å². The Morgan fingerprint density at radius 2 is 1.64 bits per heavy atom. The van der Waals surface area contributed by atoms with Gasteiger partial charge in [-0.15, -0.1) is 0 Å². The first-order valence-electron chi connectivity index (χ1n) is 6.50. The van der Waals surface area contributed by atoms with Gasteiger partial charge in [-0.2, -0.15) is 23.4 Å². The Morgan fingerprint density at radius 3 is 2.45 bits per heavy atom. The van der Waals surface area contributed by atoms with Crippen LogP contribution in [0.3, 0.4) is 0 Å². The Hall–Kier alpha value is -2.83. The number of alkyl halides is 3. The van der Waals surface area contributed by atoms with E-state index >= 15 is 0 Å². The summed E-state index contributed by atoms with van der Waals surface area (Å²) in [6.07, 6.45) is -1.24.